The Morgan fingerprint density at radius 1 is 0.727 bits per heavy atom. The predicted molar refractivity (Wildman–Crippen MR) is 79.7 cm³/mol. The van der Waals surface area contributed by atoms with Crippen LogP contribution in [0.1, 0.15) is 32.0 Å². The van der Waals surface area contributed by atoms with E-state index < -0.39 is 11.3 Å². The number of benzene rings is 2. The molecule has 0 saturated carbocycles. The monoisotopic (exact) mass is 290 g/mol. The van der Waals surface area contributed by atoms with Crippen molar-refractivity contribution in [1.82, 2.24) is 9.78 Å². The number of ketones is 2. The molecule has 1 heterocycles. The van der Waals surface area contributed by atoms with Crippen LogP contribution >= 0.6 is 0 Å². The van der Waals surface area contributed by atoms with Crippen LogP contribution in [0.5, 0.6) is 0 Å². The van der Waals surface area contributed by atoms with Gasteiger partial charge in [-0.3, -0.25) is 19.5 Å². The molecule has 1 aliphatic rings. The topological polar surface area (TPSA) is 71.9 Å². The molecule has 0 bridgehead atoms. The van der Waals surface area contributed by atoms with Gasteiger partial charge in [0.05, 0.1) is 5.69 Å². The molecule has 3 aromatic rings. The first kappa shape index (κ1) is 12.5. The summed E-state index contributed by atoms with van der Waals surface area (Å²) in [6.45, 7) is 0. The first-order chi connectivity index (χ1) is 10.7. The second-order valence-electron chi connectivity index (χ2n) is 5.04. The highest BCUT2D eigenvalue weighted by Crippen LogP contribution is 2.26. The molecule has 106 valence electrons. The molecular weight excluding hydrogens is 280 g/mol. The molecule has 1 aliphatic carbocycles. The van der Waals surface area contributed by atoms with E-state index in [1.54, 1.807) is 48.5 Å². The van der Waals surface area contributed by atoms with Crippen LogP contribution in [0.25, 0.3) is 5.69 Å². The molecular formula is C17H10N2O3. The van der Waals surface area contributed by atoms with Crippen molar-refractivity contribution in [2.24, 2.45) is 0 Å². The van der Waals surface area contributed by atoms with Gasteiger partial charge < -0.3 is 0 Å². The van der Waals surface area contributed by atoms with E-state index in [0.717, 1.165) is 0 Å². The quantitative estimate of drug-likeness (QED) is 0.582. The second-order valence-corrected chi connectivity index (χ2v) is 5.04. The number of hydrogen-bond acceptors (Lipinski definition) is 3. The molecule has 0 atom stereocenters. The van der Waals surface area contributed by atoms with Gasteiger partial charge >= 0.3 is 0 Å². The van der Waals surface area contributed by atoms with Gasteiger partial charge in [-0.05, 0) is 12.1 Å². The number of H-pyrrole nitrogens is 1. The Labute approximate surface area is 124 Å². The number of para-hydroxylation sites is 1. The van der Waals surface area contributed by atoms with Crippen molar-refractivity contribution in [1.29, 1.82) is 0 Å². The summed E-state index contributed by atoms with van der Waals surface area (Å²) in [7, 11) is 0. The van der Waals surface area contributed by atoms with Crippen LogP contribution in [-0.4, -0.2) is 21.3 Å². The van der Waals surface area contributed by atoms with Crippen LogP contribution < -0.4 is 5.56 Å². The van der Waals surface area contributed by atoms with Gasteiger partial charge in [-0.2, -0.15) is 0 Å². The van der Waals surface area contributed by atoms with E-state index in [4.69, 9.17) is 0 Å². The van der Waals surface area contributed by atoms with Crippen LogP contribution in [0.15, 0.2) is 59.4 Å². The van der Waals surface area contributed by atoms with Crippen molar-refractivity contribution in [2.45, 2.75) is 0 Å². The number of fused-ring (bicyclic) bond motifs is 2. The van der Waals surface area contributed by atoms with Crippen molar-refractivity contribution < 1.29 is 9.59 Å². The summed E-state index contributed by atoms with van der Waals surface area (Å²) in [6.07, 6.45) is 0. The van der Waals surface area contributed by atoms with Crippen molar-refractivity contribution >= 4 is 11.6 Å². The summed E-state index contributed by atoms with van der Waals surface area (Å²) < 4.78 is 1.38. The number of rotatable bonds is 1. The van der Waals surface area contributed by atoms with Crippen molar-refractivity contribution in [3.63, 3.8) is 0 Å². The maximum absolute atomic E-state index is 12.7. The third-order valence-electron chi connectivity index (χ3n) is 3.77. The molecule has 0 unspecified atom stereocenters. The average molecular weight is 290 g/mol. The van der Waals surface area contributed by atoms with Crippen LogP contribution in [0.2, 0.25) is 0 Å². The number of nitrogens with one attached hydrogen (secondary N) is 1. The fraction of sp³-hybridized carbons (Fsp3) is 0. The molecule has 5 nitrogen and oxygen atoms in total. The van der Waals surface area contributed by atoms with Gasteiger partial charge in [-0.25, -0.2) is 4.68 Å². The van der Waals surface area contributed by atoms with Crippen LogP contribution in [0.4, 0.5) is 0 Å². The van der Waals surface area contributed by atoms with E-state index >= 15 is 0 Å². The molecule has 0 radical (unpaired) electrons. The maximum Gasteiger partial charge on any atom is 0.276 e. The van der Waals surface area contributed by atoms with Crippen molar-refractivity contribution in [2.75, 3.05) is 0 Å². The highest BCUT2D eigenvalue weighted by atomic mass is 16.2. The molecule has 1 aromatic heterocycles. The zero-order chi connectivity index (χ0) is 15.3. The Bertz CT molecular complexity index is 981. The zero-order valence-corrected chi connectivity index (χ0v) is 11.4. The number of hydrogen-bond donors (Lipinski definition) is 1. The normalized spacial score (nSPS) is 12.9. The Hall–Kier alpha value is -3.21. The van der Waals surface area contributed by atoms with E-state index in [0.29, 0.717) is 11.3 Å². The lowest BCUT2D eigenvalue weighted by atomic mass is 9.88. The smallest absolute Gasteiger partial charge is 0.276 e. The van der Waals surface area contributed by atoms with Gasteiger partial charge in [0.25, 0.3) is 5.56 Å². The summed E-state index contributed by atoms with van der Waals surface area (Å²) >= 11 is 0. The Morgan fingerprint density at radius 3 is 2.00 bits per heavy atom. The minimum atomic E-state index is -0.549. The third-order valence-corrected chi connectivity index (χ3v) is 3.77. The minimum Gasteiger partial charge on any atom is -0.288 e. The van der Waals surface area contributed by atoms with Crippen LogP contribution in [0, 0.1) is 0 Å². The second kappa shape index (κ2) is 4.39. The van der Waals surface area contributed by atoms with Gasteiger partial charge in [-0.1, -0.05) is 42.5 Å². The van der Waals surface area contributed by atoms with E-state index in [2.05, 4.69) is 5.10 Å². The first-order valence-corrected chi connectivity index (χ1v) is 6.77. The lowest BCUT2D eigenvalue weighted by Gasteiger charge is -2.15. The van der Waals surface area contributed by atoms with E-state index in [-0.39, 0.29) is 22.6 Å². The third kappa shape index (κ3) is 1.56. The van der Waals surface area contributed by atoms with Crippen molar-refractivity contribution in [3.05, 3.63) is 87.3 Å². The summed E-state index contributed by atoms with van der Waals surface area (Å²) in [4.78, 5) is 37.4. The Kier molecular flexibility index (Phi) is 2.50. The fourth-order valence-electron chi connectivity index (χ4n) is 2.77. The Balaban J connectivity index is 2.05. The molecule has 22 heavy (non-hydrogen) atoms. The molecule has 0 amide bonds. The number of aromatic amines is 1. The lowest BCUT2D eigenvalue weighted by Crippen LogP contribution is -2.25. The van der Waals surface area contributed by atoms with E-state index in [9.17, 15) is 14.4 Å². The zero-order valence-electron chi connectivity index (χ0n) is 11.4. The number of aromatic nitrogens is 2. The highest BCUT2D eigenvalue weighted by Gasteiger charge is 2.35. The summed E-state index contributed by atoms with van der Waals surface area (Å²) in [6, 6.07) is 15.5. The van der Waals surface area contributed by atoms with Gasteiger partial charge in [0.2, 0.25) is 11.6 Å². The SMILES string of the molecule is O=C1c2ccccc2C(=O)c2c1c(=O)[nH]n2-c1ccccc1. The van der Waals surface area contributed by atoms with Crippen molar-refractivity contribution in [3.8, 4) is 5.69 Å². The minimum absolute atomic E-state index is 0.0902. The number of carbonyl (C=O) groups excluding carboxylic acids is 2. The fourth-order valence-corrected chi connectivity index (χ4v) is 2.77. The number of carbonyl (C=O) groups is 2. The van der Waals surface area contributed by atoms with E-state index in [1.165, 1.54) is 4.68 Å². The van der Waals surface area contributed by atoms with Gasteiger partial charge in [0, 0.05) is 11.1 Å². The first-order valence-electron chi connectivity index (χ1n) is 6.77. The molecule has 5 heteroatoms. The van der Waals surface area contributed by atoms with Crippen LogP contribution in [-0.2, 0) is 0 Å². The molecule has 0 aliphatic heterocycles. The molecule has 2 aromatic carbocycles. The standard InChI is InChI=1S/C17H10N2O3/c20-15-11-8-4-5-9-12(11)16(21)14-13(15)17(22)18-19(14)10-6-2-1-3-7-10/h1-9H,(H,18,22). The molecule has 0 spiro atoms. The number of nitrogens with zero attached hydrogens (tertiary/aromatic N) is 1. The van der Waals surface area contributed by atoms with Gasteiger partial charge in [0.15, 0.2) is 0 Å². The molecule has 1 N–H and O–H groups in total. The lowest BCUT2D eigenvalue weighted by molar-refractivity contribution is 0.0974. The molecule has 0 fully saturated rings. The van der Waals surface area contributed by atoms with E-state index in [1.807, 2.05) is 6.07 Å². The molecule has 4 rings (SSSR count). The van der Waals surface area contributed by atoms with Crippen LogP contribution in [0.3, 0.4) is 0 Å². The predicted octanol–water partition coefficient (Wildman–Crippen LogP) is 1.94. The average Bonchev–Trinajstić information content (AvgIpc) is 2.91. The Morgan fingerprint density at radius 2 is 1.32 bits per heavy atom. The van der Waals surface area contributed by atoms with Gasteiger partial charge in [-0.15, -0.1) is 0 Å². The van der Waals surface area contributed by atoms with Gasteiger partial charge in [0.1, 0.15) is 11.3 Å². The summed E-state index contributed by atoms with van der Waals surface area (Å²) in [5.74, 6) is -0.742. The summed E-state index contributed by atoms with van der Waals surface area (Å²) in [5.41, 5.74) is 0.681. The maximum atomic E-state index is 12.7. The summed E-state index contributed by atoms with van der Waals surface area (Å²) in [5, 5.41) is 2.59. The largest absolute Gasteiger partial charge is 0.288 e. The molecule has 0 saturated heterocycles. The highest BCUT2D eigenvalue weighted by molar-refractivity contribution is 6.27.